The Balaban J connectivity index is 3.06. The number of rotatable bonds is 8. The topological polar surface area (TPSA) is 161 Å². The normalized spacial score (nSPS) is 14.0. The Morgan fingerprint density at radius 3 is 1.86 bits per heavy atom. The van der Waals surface area contributed by atoms with Crippen molar-refractivity contribution in [3.8, 4) is 0 Å². The molecule has 0 aromatic heterocycles. The summed E-state index contributed by atoms with van der Waals surface area (Å²) in [6.07, 6.45) is -1.97. The summed E-state index contributed by atoms with van der Waals surface area (Å²) in [5, 5.41) is 0. The zero-order chi connectivity index (χ0) is 17.0. The third-order valence-corrected chi connectivity index (χ3v) is 4.24. The first-order chi connectivity index (χ1) is 9.98. The average molecular weight is 352 g/mol. The quantitative estimate of drug-likeness (QED) is 0.397. The fraction of sp³-hybridized carbons (Fsp3) is 0.364. The maximum atomic E-state index is 11.6. The van der Waals surface area contributed by atoms with Crippen molar-refractivity contribution in [2.75, 3.05) is 12.6 Å². The van der Waals surface area contributed by atoms with Crippen LogP contribution in [0.25, 0.3) is 0 Å². The van der Waals surface area contributed by atoms with Gasteiger partial charge in [-0.2, -0.15) is 0 Å². The third kappa shape index (κ3) is 7.29. The fourth-order valence-corrected chi connectivity index (χ4v) is 3.66. The highest BCUT2D eigenvalue weighted by atomic mass is 31.2. The molecule has 1 aromatic rings. The zero-order valence-electron chi connectivity index (χ0n) is 11.5. The molecule has 0 bridgehead atoms. The van der Waals surface area contributed by atoms with Crippen molar-refractivity contribution in [3.05, 3.63) is 35.9 Å². The van der Waals surface area contributed by atoms with Gasteiger partial charge in [0.2, 0.25) is 5.91 Å². The highest BCUT2D eigenvalue weighted by Gasteiger charge is 2.33. The fourth-order valence-electron chi connectivity index (χ4n) is 1.96. The summed E-state index contributed by atoms with van der Waals surface area (Å²) in [6.45, 7) is 0. The van der Waals surface area contributed by atoms with Crippen LogP contribution in [-0.2, 0) is 20.3 Å². The van der Waals surface area contributed by atoms with Crippen molar-refractivity contribution in [2.45, 2.75) is 12.5 Å². The van der Waals surface area contributed by atoms with Crippen LogP contribution >= 0.6 is 15.2 Å². The minimum Gasteiger partial charge on any atom is -0.368 e. The maximum Gasteiger partial charge on any atom is 0.339 e. The molecule has 0 aliphatic carbocycles. The molecule has 0 saturated heterocycles. The molecule has 9 nitrogen and oxygen atoms in total. The number of hydrogen-bond donors (Lipinski definition) is 5. The van der Waals surface area contributed by atoms with Crippen molar-refractivity contribution >= 4 is 21.1 Å². The maximum absolute atomic E-state index is 11.6. The van der Waals surface area contributed by atoms with Gasteiger partial charge >= 0.3 is 15.2 Å². The van der Waals surface area contributed by atoms with Gasteiger partial charge in [0.1, 0.15) is 12.6 Å². The van der Waals surface area contributed by atoms with Crippen LogP contribution in [0.2, 0.25) is 0 Å². The molecule has 1 amide bonds. The van der Waals surface area contributed by atoms with E-state index in [1.807, 2.05) is 0 Å². The first kappa shape index (κ1) is 19.0. The van der Waals surface area contributed by atoms with Crippen LogP contribution in [0.5, 0.6) is 0 Å². The summed E-state index contributed by atoms with van der Waals surface area (Å²) in [6, 6.07) is 7.23. The van der Waals surface area contributed by atoms with Gasteiger partial charge in [-0.25, -0.2) is 0 Å². The van der Waals surface area contributed by atoms with Crippen molar-refractivity contribution in [1.82, 2.24) is 4.90 Å². The molecule has 0 aliphatic rings. The summed E-state index contributed by atoms with van der Waals surface area (Å²) < 4.78 is 22.3. The van der Waals surface area contributed by atoms with E-state index in [4.69, 9.17) is 25.3 Å². The van der Waals surface area contributed by atoms with Gasteiger partial charge < -0.3 is 25.3 Å². The number of benzene rings is 1. The predicted molar refractivity (Wildman–Crippen MR) is 78.8 cm³/mol. The van der Waals surface area contributed by atoms with Gasteiger partial charge in [0.15, 0.2) is 0 Å². The SMILES string of the molecule is NC(=O)[C@H](Cc1ccccc1)N(CP(=O)(O)O)CP(=O)(O)O. The van der Waals surface area contributed by atoms with E-state index < -0.39 is 39.7 Å². The van der Waals surface area contributed by atoms with Crippen LogP contribution in [0, 0.1) is 0 Å². The molecule has 0 fully saturated rings. The van der Waals surface area contributed by atoms with Crippen LogP contribution in [0.1, 0.15) is 5.56 Å². The summed E-state index contributed by atoms with van der Waals surface area (Å²) in [4.78, 5) is 48.5. The second-order valence-corrected chi connectivity index (χ2v) is 8.03. The Morgan fingerprint density at radius 2 is 1.50 bits per heavy atom. The summed E-state index contributed by atoms with van der Waals surface area (Å²) >= 11 is 0. The van der Waals surface area contributed by atoms with Crippen LogP contribution in [0.15, 0.2) is 30.3 Å². The van der Waals surface area contributed by atoms with E-state index in [9.17, 15) is 13.9 Å². The molecule has 0 aliphatic heterocycles. The van der Waals surface area contributed by atoms with Crippen LogP contribution < -0.4 is 5.73 Å². The lowest BCUT2D eigenvalue weighted by molar-refractivity contribution is -0.122. The number of carbonyl (C=O) groups is 1. The molecule has 1 atom stereocenters. The monoisotopic (exact) mass is 352 g/mol. The molecular weight excluding hydrogens is 334 g/mol. The Kier molecular flexibility index (Phi) is 6.46. The Morgan fingerprint density at radius 1 is 1.05 bits per heavy atom. The standard InChI is InChI=1S/C11H18N2O7P2/c12-11(14)10(6-9-4-2-1-3-5-9)13(7-21(15,16)17)8-22(18,19)20/h1-5,10H,6-8H2,(H2,12,14)(H2,15,16,17)(H2,18,19,20)/t10-/m0/s1. The molecule has 0 radical (unpaired) electrons. The predicted octanol–water partition coefficient (Wildman–Crippen LogP) is -0.345. The van der Waals surface area contributed by atoms with Crippen molar-refractivity contribution in [3.63, 3.8) is 0 Å². The van der Waals surface area contributed by atoms with E-state index in [-0.39, 0.29) is 6.42 Å². The largest absolute Gasteiger partial charge is 0.368 e. The molecule has 0 spiro atoms. The highest BCUT2D eigenvalue weighted by molar-refractivity contribution is 7.52. The third-order valence-electron chi connectivity index (χ3n) is 2.77. The number of nitrogens with two attached hydrogens (primary N) is 1. The van der Waals surface area contributed by atoms with E-state index in [1.165, 1.54) is 0 Å². The van der Waals surface area contributed by atoms with Crippen molar-refractivity contribution in [2.24, 2.45) is 5.73 Å². The lowest BCUT2D eigenvalue weighted by atomic mass is 10.1. The first-order valence-corrected chi connectivity index (χ1v) is 9.74. The Bertz CT molecular complexity index is 574. The smallest absolute Gasteiger partial charge is 0.339 e. The van der Waals surface area contributed by atoms with Crippen LogP contribution in [0.4, 0.5) is 0 Å². The molecule has 124 valence electrons. The summed E-state index contributed by atoms with van der Waals surface area (Å²) in [7, 11) is -9.26. The van der Waals surface area contributed by atoms with E-state index in [2.05, 4.69) is 0 Å². The van der Waals surface area contributed by atoms with Crippen LogP contribution in [0.3, 0.4) is 0 Å². The van der Waals surface area contributed by atoms with Crippen molar-refractivity contribution < 1.29 is 33.5 Å². The molecule has 6 N–H and O–H groups in total. The van der Waals surface area contributed by atoms with Gasteiger partial charge in [0, 0.05) is 0 Å². The Hall–Kier alpha value is -1.05. The van der Waals surface area contributed by atoms with Gasteiger partial charge in [-0.05, 0) is 12.0 Å². The van der Waals surface area contributed by atoms with Crippen LogP contribution in [-0.4, -0.2) is 49.0 Å². The molecule has 22 heavy (non-hydrogen) atoms. The minimum atomic E-state index is -4.63. The minimum absolute atomic E-state index is 0.0177. The van der Waals surface area contributed by atoms with E-state index in [1.54, 1.807) is 30.3 Å². The van der Waals surface area contributed by atoms with Gasteiger partial charge in [-0.15, -0.1) is 0 Å². The molecule has 1 rings (SSSR count). The molecule has 11 heteroatoms. The van der Waals surface area contributed by atoms with Gasteiger partial charge in [0.05, 0.1) is 6.04 Å². The molecule has 1 aromatic carbocycles. The van der Waals surface area contributed by atoms with Crippen molar-refractivity contribution in [1.29, 1.82) is 0 Å². The zero-order valence-corrected chi connectivity index (χ0v) is 13.3. The molecule has 0 heterocycles. The van der Waals surface area contributed by atoms with E-state index in [0.29, 0.717) is 5.56 Å². The number of carbonyl (C=O) groups excluding carboxylic acids is 1. The molecule has 0 unspecified atom stereocenters. The van der Waals surface area contributed by atoms with Gasteiger partial charge in [0.25, 0.3) is 0 Å². The lowest BCUT2D eigenvalue weighted by Crippen LogP contribution is -2.47. The number of nitrogens with zero attached hydrogens (tertiary/aromatic N) is 1. The second kappa shape index (κ2) is 7.48. The number of primary amides is 1. The van der Waals surface area contributed by atoms with E-state index in [0.717, 1.165) is 4.90 Å². The van der Waals surface area contributed by atoms with Gasteiger partial charge in [-0.3, -0.25) is 18.8 Å². The summed E-state index contributed by atoms with van der Waals surface area (Å²) in [5.41, 5.74) is 5.88. The molecule has 0 saturated carbocycles. The molecular formula is C11H18N2O7P2. The second-order valence-electron chi connectivity index (χ2n) is 4.81. The Labute approximate surface area is 127 Å². The number of hydrogen-bond acceptors (Lipinski definition) is 4. The lowest BCUT2D eigenvalue weighted by Gasteiger charge is -2.29. The van der Waals surface area contributed by atoms with E-state index >= 15 is 0 Å². The highest BCUT2D eigenvalue weighted by Crippen LogP contribution is 2.41. The number of amides is 1. The first-order valence-electron chi connectivity index (χ1n) is 6.14. The summed E-state index contributed by atoms with van der Waals surface area (Å²) in [5.74, 6) is -0.925. The van der Waals surface area contributed by atoms with Gasteiger partial charge in [-0.1, -0.05) is 30.3 Å². The average Bonchev–Trinajstić information content (AvgIpc) is 2.32.